The van der Waals surface area contributed by atoms with E-state index in [2.05, 4.69) is 26.1 Å². The van der Waals surface area contributed by atoms with Crippen LogP contribution in [0.3, 0.4) is 0 Å². The molecule has 45 heavy (non-hydrogen) atoms. The highest BCUT2D eigenvalue weighted by atomic mass is 32.2. The Morgan fingerprint density at radius 3 is 1.89 bits per heavy atom. The maximum absolute atomic E-state index is 13.3. The van der Waals surface area contributed by atoms with Crippen molar-refractivity contribution in [1.82, 2.24) is 0 Å². The van der Waals surface area contributed by atoms with Crippen molar-refractivity contribution in [2.24, 2.45) is 15.3 Å². The lowest BCUT2D eigenvalue weighted by Gasteiger charge is -2.17. The number of allylic oxidation sites excluding steroid dienone is 1. The van der Waals surface area contributed by atoms with Crippen LogP contribution in [0.4, 0.5) is 28.4 Å². The van der Waals surface area contributed by atoms with E-state index in [0.29, 0.717) is 28.3 Å². The number of azo groups is 1. The number of nitrogens with one attached hydrogen (secondary N) is 2. The highest BCUT2D eigenvalue weighted by Gasteiger charge is 2.33. The largest absolute Gasteiger partial charge is 0.399 e. The maximum atomic E-state index is 13.3. The first kappa shape index (κ1) is 30.9. The van der Waals surface area contributed by atoms with Crippen LogP contribution in [-0.4, -0.2) is 43.3 Å². The molecule has 0 fully saturated rings. The summed E-state index contributed by atoms with van der Waals surface area (Å²) in [6.45, 7) is 0. The number of anilines is 3. The number of nitrogens with two attached hydrogens (primary N) is 1. The van der Waals surface area contributed by atoms with E-state index in [-0.39, 0.29) is 21.7 Å². The first-order chi connectivity index (χ1) is 21.3. The van der Waals surface area contributed by atoms with Crippen molar-refractivity contribution in [3.63, 3.8) is 0 Å². The van der Waals surface area contributed by atoms with E-state index in [1.54, 1.807) is 12.1 Å². The molecule has 0 aromatic heterocycles. The molecule has 228 valence electrons. The van der Waals surface area contributed by atoms with E-state index in [0.717, 1.165) is 6.08 Å². The number of Topliss-reactive ketones (excluding diaryl/α,β-unsaturated/α-hetero) is 1. The standard InChI is InChI=1S/C29H22N6O8S2/c30-19-3-1-17(2-4-19)29(37)31-23-11-14-25-18(15-23)16-26(45(41,42)43)27(28(25)36)35-34-21-7-5-20(6-8-21)32-33-22-9-12-24(13-10-22)44(38,39)40/h1-16,34H,30H2,(H,31,37)(H,38,39,40)(H,41,42,43)/b33-32?,35-27+. The van der Waals surface area contributed by atoms with E-state index in [9.17, 15) is 31.0 Å². The average molecular weight is 647 g/mol. The molecule has 0 unspecified atom stereocenters. The predicted octanol–water partition coefficient (Wildman–Crippen LogP) is 5.08. The summed E-state index contributed by atoms with van der Waals surface area (Å²) in [6.07, 6.45) is 1.08. The molecule has 0 heterocycles. The van der Waals surface area contributed by atoms with E-state index < -0.39 is 42.5 Å². The molecule has 0 saturated carbocycles. The normalized spacial score (nSPS) is 14.2. The second-order valence-corrected chi connectivity index (χ2v) is 12.3. The third-order valence-electron chi connectivity index (χ3n) is 6.32. The van der Waals surface area contributed by atoms with Gasteiger partial charge in [0.05, 0.1) is 22.0 Å². The molecule has 0 saturated heterocycles. The van der Waals surface area contributed by atoms with Crippen molar-refractivity contribution in [3.05, 3.63) is 113 Å². The lowest BCUT2D eigenvalue weighted by Crippen LogP contribution is -2.27. The molecule has 1 amide bonds. The van der Waals surface area contributed by atoms with Crippen molar-refractivity contribution in [3.8, 4) is 0 Å². The number of hydrogen-bond acceptors (Lipinski definition) is 11. The quantitative estimate of drug-likeness (QED) is 0.0737. The van der Waals surface area contributed by atoms with Gasteiger partial charge in [0.1, 0.15) is 4.91 Å². The van der Waals surface area contributed by atoms with Gasteiger partial charge in [0, 0.05) is 22.5 Å². The number of hydrazone groups is 1. The Balaban J connectivity index is 1.33. The number of nitrogen functional groups attached to an aromatic ring is 1. The Bertz CT molecular complexity index is 2130. The zero-order chi connectivity index (χ0) is 32.4. The van der Waals surface area contributed by atoms with Gasteiger partial charge >= 0.3 is 0 Å². The number of fused-ring (bicyclic) bond motifs is 1. The molecule has 0 spiro atoms. The number of ketones is 1. The van der Waals surface area contributed by atoms with Crippen LogP contribution >= 0.6 is 0 Å². The molecular formula is C29H22N6O8S2. The number of benzene rings is 4. The molecule has 0 bridgehead atoms. The van der Waals surface area contributed by atoms with Crippen LogP contribution in [-0.2, 0) is 20.2 Å². The van der Waals surface area contributed by atoms with Crippen LogP contribution in [0.5, 0.6) is 0 Å². The lowest BCUT2D eigenvalue weighted by molar-refractivity contribution is 0.102. The minimum absolute atomic E-state index is 0.0915. The third-order valence-corrected chi connectivity index (χ3v) is 8.05. The van der Waals surface area contributed by atoms with Gasteiger partial charge in [-0.2, -0.15) is 32.2 Å². The maximum Gasteiger partial charge on any atom is 0.296 e. The van der Waals surface area contributed by atoms with Crippen LogP contribution < -0.4 is 16.5 Å². The number of amides is 1. The van der Waals surface area contributed by atoms with Crippen molar-refractivity contribution in [1.29, 1.82) is 0 Å². The van der Waals surface area contributed by atoms with Crippen LogP contribution in [0.1, 0.15) is 26.3 Å². The number of carbonyl (C=O) groups excluding carboxylic acids is 2. The van der Waals surface area contributed by atoms with Crippen LogP contribution in [0.25, 0.3) is 6.08 Å². The molecule has 0 atom stereocenters. The lowest BCUT2D eigenvalue weighted by atomic mass is 9.94. The Labute approximate surface area is 256 Å². The number of hydrogen-bond donors (Lipinski definition) is 5. The Morgan fingerprint density at radius 1 is 0.733 bits per heavy atom. The van der Waals surface area contributed by atoms with Gasteiger partial charge in [0.2, 0.25) is 5.78 Å². The van der Waals surface area contributed by atoms with E-state index >= 15 is 0 Å². The molecule has 1 aliphatic rings. The molecule has 6 N–H and O–H groups in total. The minimum Gasteiger partial charge on any atom is -0.399 e. The Hall–Kier alpha value is -5.55. The summed E-state index contributed by atoms with van der Waals surface area (Å²) in [5.74, 6) is -1.24. The summed E-state index contributed by atoms with van der Waals surface area (Å²) in [6, 6.07) is 21.7. The van der Waals surface area contributed by atoms with Crippen molar-refractivity contribution in [2.45, 2.75) is 4.90 Å². The third kappa shape index (κ3) is 7.34. The second kappa shape index (κ2) is 12.2. The molecule has 4 aromatic carbocycles. The molecule has 0 aliphatic heterocycles. The number of nitrogens with zero attached hydrogens (tertiary/aromatic N) is 3. The number of carbonyl (C=O) groups is 2. The topological polar surface area (TPSA) is 230 Å². The first-order valence-electron chi connectivity index (χ1n) is 12.8. The summed E-state index contributed by atoms with van der Waals surface area (Å²) in [5.41, 5.74) is 10.1. The van der Waals surface area contributed by atoms with Gasteiger partial charge in [-0.15, -0.1) is 0 Å². The second-order valence-electron chi connectivity index (χ2n) is 9.48. The van der Waals surface area contributed by atoms with Crippen molar-refractivity contribution >= 4 is 72.2 Å². The molecule has 16 heteroatoms. The first-order valence-corrected chi connectivity index (χ1v) is 15.6. The number of rotatable bonds is 8. The van der Waals surface area contributed by atoms with Gasteiger partial charge in [-0.3, -0.25) is 24.1 Å². The van der Waals surface area contributed by atoms with Crippen LogP contribution in [0, 0.1) is 0 Å². The van der Waals surface area contributed by atoms with Gasteiger partial charge in [-0.25, -0.2) is 0 Å². The SMILES string of the molecule is Nc1ccc(C(=O)Nc2ccc3c(c2)C=C(S(=O)(=O)O)/C(=N\Nc2ccc(N=Nc4ccc(S(=O)(=O)O)cc4)cc2)C3=O)cc1. The van der Waals surface area contributed by atoms with Gasteiger partial charge in [0.25, 0.3) is 26.1 Å². The molecule has 4 aromatic rings. The summed E-state index contributed by atoms with van der Waals surface area (Å²) in [7, 11) is -9.22. The van der Waals surface area contributed by atoms with Crippen molar-refractivity contribution in [2.75, 3.05) is 16.5 Å². The van der Waals surface area contributed by atoms with E-state index in [1.807, 2.05) is 0 Å². The summed E-state index contributed by atoms with van der Waals surface area (Å²) < 4.78 is 65.7. The molecule has 5 rings (SSSR count). The monoisotopic (exact) mass is 646 g/mol. The highest BCUT2D eigenvalue weighted by Crippen LogP contribution is 2.29. The van der Waals surface area contributed by atoms with E-state index in [4.69, 9.17) is 10.3 Å². The zero-order valence-electron chi connectivity index (χ0n) is 22.8. The molecule has 0 radical (unpaired) electrons. The fourth-order valence-electron chi connectivity index (χ4n) is 4.08. The fraction of sp³-hybridized carbons (Fsp3) is 0. The van der Waals surface area contributed by atoms with Crippen LogP contribution in [0.15, 0.2) is 116 Å². The summed E-state index contributed by atoms with van der Waals surface area (Å²) in [5, 5.41) is 14.6. The van der Waals surface area contributed by atoms with Gasteiger partial charge in [0.15, 0.2) is 5.71 Å². The van der Waals surface area contributed by atoms with Crippen molar-refractivity contribution < 1.29 is 35.5 Å². The predicted molar refractivity (Wildman–Crippen MR) is 167 cm³/mol. The Morgan fingerprint density at radius 2 is 1.31 bits per heavy atom. The van der Waals surface area contributed by atoms with Crippen LogP contribution in [0.2, 0.25) is 0 Å². The minimum atomic E-state index is -4.89. The van der Waals surface area contributed by atoms with E-state index in [1.165, 1.54) is 78.9 Å². The summed E-state index contributed by atoms with van der Waals surface area (Å²) in [4.78, 5) is 24.8. The average Bonchev–Trinajstić information content (AvgIpc) is 2.99. The van der Waals surface area contributed by atoms with Gasteiger partial charge in [-0.05, 0) is 103 Å². The molecular weight excluding hydrogens is 624 g/mol. The molecule has 1 aliphatic carbocycles. The fourth-order valence-corrected chi connectivity index (χ4v) is 5.22. The zero-order valence-corrected chi connectivity index (χ0v) is 24.5. The molecule has 14 nitrogen and oxygen atoms in total. The Kier molecular flexibility index (Phi) is 8.38. The highest BCUT2D eigenvalue weighted by molar-refractivity contribution is 7.91. The van der Waals surface area contributed by atoms with Gasteiger partial charge in [-0.1, -0.05) is 0 Å². The van der Waals surface area contributed by atoms with Gasteiger partial charge < -0.3 is 11.1 Å². The summed E-state index contributed by atoms with van der Waals surface area (Å²) >= 11 is 0. The smallest absolute Gasteiger partial charge is 0.296 e.